The Bertz CT molecular complexity index is 297. The first-order valence-corrected chi connectivity index (χ1v) is 4.97. The third-order valence-electron chi connectivity index (χ3n) is 1.62. The van der Waals surface area contributed by atoms with Crippen molar-refractivity contribution in [2.45, 2.75) is 26.4 Å². The van der Waals surface area contributed by atoms with Crippen LogP contribution in [0.3, 0.4) is 0 Å². The van der Waals surface area contributed by atoms with Crippen LogP contribution in [-0.4, -0.2) is 23.0 Å². The van der Waals surface area contributed by atoms with Gasteiger partial charge in [-0.3, -0.25) is 4.79 Å². The number of ether oxygens (including phenoxy) is 1. The molecule has 1 aliphatic heterocycles. The van der Waals surface area contributed by atoms with E-state index in [4.69, 9.17) is 4.74 Å². The third kappa shape index (κ3) is 6.30. The first-order chi connectivity index (χ1) is 6.97. The minimum absolute atomic E-state index is 0. The minimum atomic E-state index is -0.422. The molecule has 3 nitrogen and oxygen atoms in total. The fraction of sp³-hybridized carbons (Fsp3) is 0.417. The van der Waals surface area contributed by atoms with E-state index in [1.165, 1.54) is 0 Å². The molecule has 0 fully saturated rings. The summed E-state index contributed by atoms with van der Waals surface area (Å²) >= 11 is 0. The summed E-state index contributed by atoms with van der Waals surface area (Å²) < 4.78 is 5.21. The normalized spacial score (nSPS) is 14.3. The number of carbonyl (C=O) groups is 1. The quantitative estimate of drug-likeness (QED) is 0.699. The molecule has 16 heavy (non-hydrogen) atoms. The second-order valence-corrected chi connectivity index (χ2v) is 4.33. The molecular formula is C12H18ClNO2. The predicted octanol–water partition coefficient (Wildman–Crippen LogP) is 2.65. The van der Waals surface area contributed by atoms with E-state index >= 15 is 0 Å². The number of allylic oxidation sites excluding steroid dienone is 4. The van der Waals surface area contributed by atoms with Crippen molar-refractivity contribution >= 4 is 18.4 Å². The monoisotopic (exact) mass is 243 g/mol. The third-order valence-corrected chi connectivity index (χ3v) is 1.62. The van der Waals surface area contributed by atoms with Crippen molar-refractivity contribution in [3.8, 4) is 0 Å². The topological polar surface area (TPSA) is 29.5 Å². The second-order valence-electron chi connectivity index (χ2n) is 4.33. The van der Waals surface area contributed by atoms with Crippen molar-refractivity contribution in [2.24, 2.45) is 0 Å². The molecule has 0 unspecified atom stereocenters. The summed E-state index contributed by atoms with van der Waals surface area (Å²) in [6.07, 6.45) is 11.2. The van der Waals surface area contributed by atoms with Gasteiger partial charge in [0.15, 0.2) is 0 Å². The lowest BCUT2D eigenvalue weighted by atomic mass is 10.2. The summed E-state index contributed by atoms with van der Waals surface area (Å²) in [7, 11) is 0. The largest absolute Gasteiger partial charge is 0.459 e. The Balaban J connectivity index is 0.00000225. The molecule has 0 aromatic carbocycles. The molecule has 0 aromatic rings. The van der Waals surface area contributed by atoms with E-state index in [1.54, 1.807) is 4.90 Å². The van der Waals surface area contributed by atoms with Crippen molar-refractivity contribution in [1.82, 2.24) is 4.90 Å². The highest BCUT2D eigenvalue weighted by molar-refractivity contribution is 5.85. The average molecular weight is 244 g/mol. The molecule has 90 valence electrons. The lowest BCUT2D eigenvalue weighted by molar-refractivity contribution is -0.154. The van der Waals surface area contributed by atoms with Crippen LogP contribution in [0.4, 0.5) is 0 Å². The lowest BCUT2D eigenvalue weighted by Crippen LogP contribution is -2.30. The molecule has 0 saturated heterocycles. The Kier molecular flexibility index (Phi) is 5.89. The van der Waals surface area contributed by atoms with Crippen molar-refractivity contribution in [1.29, 1.82) is 0 Å². The van der Waals surface area contributed by atoms with E-state index in [9.17, 15) is 4.79 Å². The van der Waals surface area contributed by atoms with Gasteiger partial charge in [0, 0.05) is 12.4 Å². The molecule has 4 heteroatoms. The van der Waals surface area contributed by atoms with Crippen LogP contribution in [0.1, 0.15) is 20.8 Å². The molecule has 1 heterocycles. The molecule has 0 radical (unpaired) electrons. The van der Waals surface area contributed by atoms with E-state index in [0.29, 0.717) is 0 Å². The van der Waals surface area contributed by atoms with Gasteiger partial charge in [-0.05, 0) is 32.9 Å². The van der Waals surface area contributed by atoms with Crippen molar-refractivity contribution in [3.05, 3.63) is 36.7 Å². The van der Waals surface area contributed by atoms with Crippen LogP contribution in [0.15, 0.2) is 36.7 Å². The van der Waals surface area contributed by atoms with Gasteiger partial charge in [0.25, 0.3) is 0 Å². The maximum atomic E-state index is 11.5. The van der Waals surface area contributed by atoms with E-state index in [-0.39, 0.29) is 24.9 Å². The number of halogens is 1. The van der Waals surface area contributed by atoms with E-state index < -0.39 is 5.60 Å². The zero-order valence-electron chi connectivity index (χ0n) is 9.84. The number of hydrogen-bond acceptors (Lipinski definition) is 3. The summed E-state index contributed by atoms with van der Waals surface area (Å²) in [4.78, 5) is 13.3. The smallest absolute Gasteiger partial charge is 0.326 e. The van der Waals surface area contributed by atoms with Crippen LogP contribution in [0.25, 0.3) is 0 Å². The summed E-state index contributed by atoms with van der Waals surface area (Å²) in [5, 5.41) is 0. The highest BCUT2D eigenvalue weighted by Crippen LogP contribution is 2.08. The fourth-order valence-electron chi connectivity index (χ4n) is 1.13. The second kappa shape index (κ2) is 6.38. The van der Waals surface area contributed by atoms with E-state index in [0.717, 1.165) is 0 Å². The number of nitrogens with zero attached hydrogens (tertiary/aromatic N) is 1. The number of hydrogen-bond donors (Lipinski definition) is 0. The number of rotatable bonds is 2. The van der Waals surface area contributed by atoms with Crippen molar-refractivity contribution < 1.29 is 9.53 Å². The van der Waals surface area contributed by atoms with E-state index in [2.05, 4.69) is 0 Å². The van der Waals surface area contributed by atoms with E-state index in [1.807, 2.05) is 57.5 Å². The summed E-state index contributed by atoms with van der Waals surface area (Å²) in [5.41, 5.74) is -0.422. The Hall–Kier alpha value is -1.22. The first kappa shape index (κ1) is 14.8. The zero-order chi connectivity index (χ0) is 11.3. The molecule has 1 aliphatic rings. The average Bonchev–Trinajstić information content (AvgIpc) is 2.28. The lowest BCUT2D eigenvalue weighted by Gasteiger charge is -2.21. The molecule has 0 atom stereocenters. The molecule has 0 aliphatic carbocycles. The molecule has 0 saturated carbocycles. The molecule has 0 aromatic heterocycles. The molecule has 0 bridgehead atoms. The van der Waals surface area contributed by atoms with Gasteiger partial charge < -0.3 is 9.64 Å². The van der Waals surface area contributed by atoms with Gasteiger partial charge in [-0.25, -0.2) is 0 Å². The highest BCUT2D eigenvalue weighted by Gasteiger charge is 2.17. The van der Waals surface area contributed by atoms with Crippen molar-refractivity contribution in [3.63, 3.8) is 0 Å². The standard InChI is InChI=1S/C12H17NO2.ClH/c1-12(2,3)15-11(14)10-13-8-6-4-5-7-9-13;/h4-9H,10H2,1-3H3;1H. The minimum Gasteiger partial charge on any atom is -0.459 e. The molecule has 0 spiro atoms. The Labute approximate surface area is 103 Å². The Morgan fingerprint density at radius 1 is 1.12 bits per heavy atom. The maximum absolute atomic E-state index is 11.5. The van der Waals surface area contributed by atoms with Gasteiger partial charge in [-0.2, -0.15) is 0 Å². The van der Waals surface area contributed by atoms with Gasteiger partial charge >= 0.3 is 5.97 Å². The van der Waals surface area contributed by atoms with Crippen LogP contribution >= 0.6 is 12.4 Å². The predicted molar refractivity (Wildman–Crippen MR) is 67.2 cm³/mol. The van der Waals surface area contributed by atoms with Crippen LogP contribution < -0.4 is 0 Å². The molecule has 0 amide bonds. The SMILES string of the molecule is CC(C)(C)OC(=O)CN1C=CC=CC=C1.Cl. The van der Waals surface area contributed by atoms with Gasteiger partial charge in [0.05, 0.1) is 0 Å². The summed E-state index contributed by atoms with van der Waals surface area (Å²) in [6.45, 7) is 5.83. The highest BCUT2D eigenvalue weighted by atomic mass is 35.5. The molecule has 1 rings (SSSR count). The number of esters is 1. The van der Waals surface area contributed by atoms with Crippen LogP contribution in [0.5, 0.6) is 0 Å². The van der Waals surface area contributed by atoms with Gasteiger partial charge in [-0.15, -0.1) is 12.4 Å². The zero-order valence-corrected chi connectivity index (χ0v) is 10.7. The maximum Gasteiger partial charge on any atom is 0.326 e. The van der Waals surface area contributed by atoms with Crippen LogP contribution in [0, 0.1) is 0 Å². The Morgan fingerprint density at radius 2 is 1.62 bits per heavy atom. The number of carbonyl (C=O) groups excluding carboxylic acids is 1. The fourth-order valence-corrected chi connectivity index (χ4v) is 1.13. The summed E-state index contributed by atoms with van der Waals surface area (Å²) in [6, 6.07) is 0. The Morgan fingerprint density at radius 3 is 2.06 bits per heavy atom. The van der Waals surface area contributed by atoms with Gasteiger partial charge in [0.1, 0.15) is 12.1 Å². The summed E-state index contributed by atoms with van der Waals surface area (Å²) in [5.74, 6) is -0.223. The van der Waals surface area contributed by atoms with Gasteiger partial charge in [-0.1, -0.05) is 12.2 Å². The van der Waals surface area contributed by atoms with Gasteiger partial charge in [0.2, 0.25) is 0 Å². The molecule has 0 N–H and O–H groups in total. The van der Waals surface area contributed by atoms with Crippen LogP contribution in [0.2, 0.25) is 0 Å². The first-order valence-electron chi connectivity index (χ1n) is 4.97. The van der Waals surface area contributed by atoms with Crippen molar-refractivity contribution in [2.75, 3.05) is 6.54 Å². The van der Waals surface area contributed by atoms with Crippen LogP contribution in [-0.2, 0) is 9.53 Å². The molecular weight excluding hydrogens is 226 g/mol.